The number of hydrogen-bond donors (Lipinski definition) is 0. The molecular weight excluding hydrogens is 789 g/mol. The van der Waals surface area contributed by atoms with Crippen molar-refractivity contribution >= 4 is 11.9 Å². The first kappa shape index (κ1) is 61.1. The van der Waals surface area contributed by atoms with E-state index in [1.54, 1.807) is 0 Å². The number of carbonyl (C=O) groups is 2. The van der Waals surface area contributed by atoms with Crippen LogP contribution in [0.15, 0.2) is 85.1 Å². The third-order valence-electron chi connectivity index (χ3n) is 11.4. The van der Waals surface area contributed by atoms with Crippen LogP contribution in [0, 0.1) is 0 Å². The Bertz CT molecular complexity index is 1190. The minimum absolute atomic E-state index is 0.0691. The maximum absolute atomic E-state index is 12.8. The van der Waals surface area contributed by atoms with E-state index in [0.717, 1.165) is 96.3 Å². The Hall–Kier alpha value is -2.92. The second kappa shape index (κ2) is 54.4. The molecule has 0 fully saturated rings. The predicted molar refractivity (Wildman–Crippen MR) is 279 cm³/mol. The fourth-order valence-electron chi connectivity index (χ4n) is 7.39. The number of carbonyl (C=O) groups excluding carboxylic acids is 2. The second-order valence-corrected chi connectivity index (χ2v) is 17.8. The number of ether oxygens (including phenoxy) is 3. The molecule has 0 bridgehead atoms. The first-order valence-electron chi connectivity index (χ1n) is 27.1. The predicted octanol–water partition coefficient (Wildman–Crippen LogP) is 18.5. The molecule has 64 heavy (non-hydrogen) atoms. The lowest BCUT2D eigenvalue weighted by molar-refractivity contribution is -0.163. The maximum atomic E-state index is 12.8. The van der Waals surface area contributed by atoms with Crippen molar-refractivity contribution < 1.29 is 23.8 Å². The summed E-state index contributed by atoms with van der Waals surface area (Å²) in [6.45, 7) is 7.64. The van der Waals surface area contributed by atoms with Gasteiger partial charge in [-0.25, -0.2) is 0 Å². The normalized spacial score (nSPS) is 12.9. The zero-order chi connectivity index (χ0) is 46.3. The van der Waals surface area contributed by atoms with E-state index in [2.05, 4.69) is 106 Å². The summed E-state index contributed by atoms with van der Waals surface area (Å²) in [4.78, 5) is 25.4. The van der Waals surface area contributed by atoms with E-state index in [0.29, 0.717) is 19.4 Å². The Kier molecular flexibility index (Phi) is 51.9. The Morgan fingerprint density at radius 1 is 0.359 bits per heavy atom. The summed E-state index contributed by atoms with van der Waals surface area (Å²) in [5.41, 5.74) is 0. The minimum Gasteiger partial charge on any atom is -0.462 e. The van der Waals surface area contributed by atoms with Gasteiger partial charge in [-0.2, -0.15) is 0 Å². The monoisotopic (exact) mass is 891 g/mol. The van der Waals surface area contributed by atoms with Gasteiger partial charge in [-0.05, 0) is 96.3 Å². The summed E-state index contributed by atoms with van der Waals surface area (Å²) in [6, 6.07) is 0. The fraction of sp³-hybridized carbons (Fsp3) is 0.729. The van der Waals surface area contributed by atoms with Crippen LogP contribution in [-0.2, 0) is 23.8 Å². The zero-order valence-corrected chi connectivity index (χ0v) is 42.3. The topological polar surface area (TPSA) is 61.8 Å². The molecule has 1 atom stereocenters. The first-order valence-corrected chi connectivity index (χ1v) is 27.1. The Morgan fingerprint density at radius 2 is 0.703 bits per heavy atom. The number of rotatable bonds is 49. The molecule has 0 aromatic carbocycles. The van der Waals surface area contributed by atoms with Crippen LogP contribution in [0.2, 0.25) is 0 Å². The van der Waals surface area contributed by atoms with Gasteiger partial charge < -0.3 is 14.2 Å². The number of allylic oxidation sites excluding steroid dienone is 14. The largest absolute Gasteiger partial charge is 0.462 e. The van der Waals surface area contributed by atoms with Crippen molar-refractivity contribution in [3.05, 3.63) is 85.1 Å². The van der Waals surface area contributed by atoms with E-state index in [4.69, 9.17) is 14.2 Å². The lowest BCUT2D eigenvalue weighted by Crippen LogP contribution is -2.30. The van der Waals surface area contributed by atoms with Crippen molar-refractivity contribution in [1.82, 2.24) is 0 Å². The Morgan fingerprint density at radius 3 is 1.16 bits per heavy atom. The molecule has 0 spiro atoms. The molecule has 0 saturated carbocycles. The lowest BCUT2D eigenvalue weighted by atomic mass is 10.1. The zero-order valence-electron chi connectivity index (χ0n) is 42.3. The molecule has 0 saturated heterocycles. The fourth-order valence-corrected chi connectivity index (χ4v) is 7.39. The van der Waals surface area contributed by atoms with Crippen LogP contribution in [0.5, 0.6) is 0 Å². The van der Waals surface area contributed by atoms with Gasteiger partial charge in [0.2, 0.25) is 0 Å². The van der Waals surface area contributed by atoms with Gasteiger partial charge in [0, 0.05) is 19.4 Å². The van der Waals surface area contributed by atoms with Gasteiger partial charge in [0.25, 0.3) is 0 Å². The van der Waals surface area contributed by atoms with E-state index >= 15 is 0 Å². The number of esters is 2. The Labute approximate surface area is 397 Å². The van der Waals surface area contributed by atoms with Gasteiger partial charge in [-0.3, -0.25) is 9.59 Å². The van der Waals surface area contributed by atoms with E-state index in [-0.39, 0.29) is 25.2 Å². The second-order valence-electron chi connectivity index (χ2n) is 17.8. The molecule has 0 N–H and O–H groups in total. The summed E-state index contributed by atoms with van der Waals surface area (Å²) >= 11 is 0. The molecule has 0 heterocycles. The van der Waals surface area contributed by atoms with Crippen LogP contribution in [0.4, 0.5) is 0 Å². The summed E-state index contributed by atoms with van der Waals surface area (Å²) in [6.07, 6.45) is 71.6. The molecular formula is C59H102O5. The maximum Gasteiger partial charge on any atom is 0.306 e. The minimum atomic E-state index is -0.553. The Balaban J connectivity index is 4.29. The van der Waals surface area contributed by atoms with Crippen molar-refractivity contribution in [3.8, 4) is 0 Å². The van der Waals surface area contributed by atoms with Crippen LogP contribution in [-0.4, -0.2) is 37.9 Å². The highest BCUT2D eigenvalue weighted by atomic mass is 16.6. The molecule has 5 nitrogen and oxygen atoms in total. The smallest absolute Gasteiger partial charge is 0.306 e. The molecule has 0 aliphatic carbocycles. The summed E-state index contributed by atoms with van der Waals surface area (Å²) in [5, 5.41) is 0. The SMILES string of the molecule is CC/C=C\C/C=C\C/C=C\C/C=C\CCCCCCCOCC(COC(=O)CCCCCCCC/C=C\C/C=C\C/C=C\CCCCC)OC(=O)CCCCCCCCCCCCC. The lowest BCUT2D eigenvalue weighted by Gasteiger charge is -2.18. The van der Waals surface area contributed by atoms with Crippen molar-refractivity contribution in [2.24, 2.45) is 0 Å². The van der Waals surface area contributed by atoms with Crippen molar-refractivity contribution in [1.29, 1.82) is 0 Å². The highest BCUT2D eigenvalue weighted by Gasteiger charge is 2.17. The van der Waals surface area contributed by atoms with Gasteiger partial charge in [0.15, 0.2) is 6.10 Å². The molecule has 0 aliphatic rings. The van der Waals surface area contributed by atoms with Gasteiger partial charge in [-0.1, -0.05) is 228 Å². The average molecular weight is 891 g/mol. The highest BCUT2D eigenvalue weighted by Crippen LogP contribution is 2.14. The summed E-state index contributed by atoms with van der Waals surface area (Å²) in [5.74, 6) is -0.420. The van der Waals surface area contributed by atoms with Crippen LogP contribution in [0.3, 0.4) is 0 Å². The molecule has 0 aromatic rings. The van der Waals surface area contributed by atoms with Gasteiger partial charge in [-0.15, -0.1) is 0 Å². The van der Waals surface area contributed by atoms with E-state index in [1.807, 2.05) is 0 Å². The van der Waals surface area contributed by atoms with Crippen LogP contribution < -0.4 is 0 Å². The van der Waals surface area contributed by atoms with Crippen LogP contribution >= 0.6 is 0 Å². The van der Waals surface area contributed by atoms with Gasteiger partial charge >= 0.3 is 11.9 Å². The average Bonchev–Trinajstić information content (AvgIpc) is 3.30. The molecule has 1 unspecified atom stereocenters. The van der Waals surface area contributed by atoms with Gasteiger partial charge in [0.1, 0.15) is 6.61 Å². The van der Waals surface area contributed by atoms with Crippen LogP contribution in [0.1, 0.15) is 252 Å². The molecule has 0 amide bonds. The summed E-state index contributed by atoms with van der Waals surface area (Å²) in [7, 11) is 0. The third-order valence-corrected chi connectivity index (χ3v) is 11.4. The van der Waals surface area contributed by atoms with E-state index in [1.165, 1.54) is 122 Å². The van der Waals surface area contributed by atoms with Crippen molar-refractivity contribution in [2.75, 3.05) is 19.8 Å². The third kappa shape index (κ3) is 51.7. The number of unbranched alkanes of at least 4 members (excludes halogenated alkanes) is 24. The molecule has 0 aromatic heterocycles. The molecule has 0 rings (SSSR count). The molecule has 368 valence electrons. The van der Waals surface area contributed by atoms with Crippen molar-refractivity contribution in [2.45, 2.75) is 258 Å². The van der Waals surface area contributed by atoms with Crippen molar-refractivity contribution in [3.63, 3.8) is 0 Å². The number of hydrogen-bond acceptors (Lipinski definition) is 5. The van der Waals surface area contributed by atoms with E-state index in [9.17, 15) is 9.59 Å². The quantitative estimate of drug-likeness (QED) is 0.0346. The molecule has 0 radical (unpaired) electrons. The first-order chi connectivity index (χ1) is 31.6. The van der Waals surface area contributed by atoms with Crippen LogP contribution in [0.25, 0.3) is 0 Å². The summed E-state index contributed by atoms with van der Waals surface area (Å²) < 4.78 is 17.4. The molecule has 5 heteroatoms. The molecule has 0 aliphatic heterocycles. The van der Waals surface area contributed by atoms with E-state index < -0.39 is 6.10 Å². The highest BCUT2D eigenvalue weighted by molar-refractivity contribution is 5.70. The standard InChI is InChI=1S/C59H102O5/c1-4-7-10-13-16-19-22-24-26-28-30-31-33-35-38-40-43-46-49-52-58(60)63-56-57(64-59(61)53-50-47-44-41-37-21-18-15-12-9-6-3)55-62-54-51-48-45-42-39-36-34-32-29-27-25-23-20-17-14-11-8-5-2/h8,11,16-17,19-20,24-27,30-32,34,57H,4-7,9-10,12-15,18,21-23,28-29,33,35-56H2,1-3H3/b11-8-,19-16-,20-17-,26-24-,27-25-,31-30-,34-32-. The van der Waals surface area contributed by atoms with Gasteiger partial charge in [0.05, 0.1) is 6.61 Å².